The molecule has 0 saturated carbocycles. The van der Waals surface area contributed by atoms with Crippen molar-refractivity contribution < 1.29 is 17.9 Å². The monoisotopic (exact) mass is 375 g/mol. The fourth-order valence-corrected chi connectivity index (χ4v) is 3.70. The first-order chi connectivity index (χ1) is 12.6. The highest BCUT2D eigenvalue weighted by molar-refractivity contribution is 7.89. The molecule has 0 radical (unpaired) electrons. The lowest BCUT2D eigenvalue weighted by Gasteiger charge is -2.30. The number of carbonyl (C=O) groups excluding carboxylic acids is 1. The summed E-state index contributed by atoms with van der Waals surface area (Å²) in [6.07, 6.45) is 0. The molecule has 1 aliphatic heterocycles. The van der Waals surface area contributed by atoms with Crippen molar-refractivity contribution in [3.8, 4) is 0 Å². The van der Waals surface area contributed by atoms with Crippen LogP contribution in [0.25, 0.3) is 0 Å². The minimum absolute atomic E-state index is 0.126. The fourth-order valence-electron chi connectivity index (χ4n) is 2.70. The molecule has 0 bridgehead atoms. The summed E-state index contributed by atoms with van der Waals surface area (Å²) in [5.41, 5.74) is 1.55. The predicted octanol–water partition coefficient (Wildman–Crippen LogP) is 1.44. The molecule has 0 aromatic heterocycles. The fraction of sp³-hybridized carbons (Fsp3) is 0.278. The quantitative estimate of drug-likeness (QED) is 0.798. The van der Waals surface area contributed by atoms with Crippen LogP contribution in [-0.4, -0.2) is 47.2 Å². The molecule has 0 aliphatic carbocycles. The molecule has 1 heterocycles. The van der Waals surface area contributed by atoms with E-state index in [2.05, 4.69) is 14.9 Å². The maximum absolute atomic E-state index is 12.2. The molecule has 7 nitrogen and oxygen atoms in total. The number of para-hydroxylation sites is 2. The Hall–Kier alpha value is -2.42. The highest BCUT2D eigenvalue weighted by Crippen LogP contribution is 2.26. The Labute approximate surface area is 153 Å². The number of benzene rings is 2. The number of rotatable bonds is 6. The van der Waals surface area contributed by atoms with Gasteiger partial charge in [-0.2, -0.15) is 0 Å². The van der Waals surface area contributed by atoms with Crippen LogP contribution in [0.4, 0.5) is 11.4 Å². The summed E-state index contributed by atoms with van der Waals surface area (Å²) in [6, 6.07) is 15.4. The number of nitrogens with zero attached hydrogens (tertiary/aromatic N) is 1. The van der Waals surface area contributed by atoms with Crippen molar-refractivity contribution in [3.63, 3.8) is 0 Å². The summed E-state index contributed by atoms with van der Waals surface area (Å²) in [5, 5.41) is 2.78. The van der Waals surface area contributed by atoms with Crippen LogP contribution in [0, 0.1) is 0 Å². The first kappa shape index (κ1) is 18.4. The summed E-state index contributed by atoms with van der Waals surface area (Å²) in [6.45, 7) is 2.42. The lowest BCUT2D eigenvalue weighted by atomic mass is 10.2. The Kier molecular flexibility index (Phi) is 5.87. The molecular formula is C18H21N3O4S. The molecule has 1 saturated heterocycles. The van der Waals surface area contributed by atoms with Crippen LogP contribution in [0.1, 0.15) is 0 Å². The Balaban J connectivity index is 1.64. The molecule has 3 rings (SSSR count). The minimum atomic E-state index is -3.72. The summed E-state index contributed by atoms with van der Waals surface area (Å²) < 4.78 is 32.1. The average Bonchev–Trinajstić information content (AvgIpc) is 2.68. The van der Waals surface area contributed by atoms with E-state index in [1.54, 1.807) is 24.3 Å². The van der Waals surface area contributed by atoms with Crippen LogP contribution in [0.2, 0.25) is 0 Å². The summed E-state index contributed by atoms with van der Waals surface area (Å²) in [5.74, 6) is -0.426. The van der Waals surface area contributed by atoms with Gasteiger partial charge in [-0.1, -0.05) is 30.3 Å². The number of hydrogen-bond acceptors (Lipinski definition) is 5. The molecule has 1 aliphatic rings. The number of ether oxygens (including phenoxy) is 1. The summed E-state index contributed by atoms with van der Waals surface area (Å²) >= 11 is 0. The number of morpholine rings is 1. The number of nitrogens with one attached hydrogen (secondary N) is 2. The van der Waals surface area contributed by atoms with Gasteiger partial charge >= 0.3 is 0 Å². The van der Waals surface area contributed by atoms with Gasteiger partial charge in [-0.3, -0.25) is 4.79 Å². The highest BCUT2D eigenvalue weighted by Gasteiger charge is 2.18. The normalized spacial score (nSPS) is 14.8. The van der Waals surface area contributed by atoms with E-state index >= 15 is 0 Å². The van der Waals surface area contributed by atoms with Gasteiger partial charge in [-0.15, -0.1) is 0 Å². The van der Waals surface area contributed by atoms with Gasteiger partial charge in [0.1, 0.15) is 0 Å². The molecule has 1 amide bonds. The number of carbonyl (C=O) groups is 1. The van der Waals surface area contributed by atoms with Crippen LogP contribution in [0.15, 0.2) is 59.5 Å². The van der Waals surface area contributed by atoms with Gasteiger partial charge in [0, 0.05) is 13.1 Å². The van der Waals surface area contributed by atoms with Crippen molar-refractivity contribution in [1.29, 1.82) is 0 Å². The largest absolute Gasteiger partial charge is 0.378 e. The zero-order valence-electron chi connectivity index (χ0n) is 14.2. The Bertz CT molecular complexity index is 850. The molecule has 8 heteroatoms. The topological polar surface area (TPSA) is 87.7 Å². The summed E-state index contributed by atoms with van der Waals surface area (Å²) in [7, 11) is -3.72. The third-order valence-electron chi connectivity index (χ3n) is 4.01. The zero-order chi connectivity index (χ0) is 18.4. The van der Waals surface area contributed by atoms with E-state index < -0.39 is 15.9 Å². The Morgan fingerprint density at radius 1 is 1.00 bits per heavy atom. The van der Waals surface area contributed by atoms with E-state index in [0.717, 1.165) is 18.8 Å². The third-order valence-corrected chi connectivity index (χ3v) is 5.42. The standard InChI is InChI=1S/C18H21N3O4S/c22-18(14-19-26(23,24)15-6-2-1-3-7-15)20-16-8-4-5-9-17(16)21-10-12-25-13-11-21/h1-9,19H,10-14H2,(H,20,22). The molecule has 2 aromatic carbocycles. The highest BCUT2D eigenvalue weighted by atomic mass is 32.2. The lowest BCUT2D eigenvalue weighted by Crippen LogP contribution is -2.37. The van der Waals surface area contributed by atoms with Gasteiger partial charge in [-0.25, -0.2) is 13.1 Å². The molecule has 0 unspecified atom stereocenters. The predicted molar refractivity (Wildman–Crippen MR) is 99.7 cm³/mol. The van der Waals surface area contributed by atoms with Gasteiger partial charge in [0.05, 0.1) is 36.0 Å². The Morgan fingerprint density at radius 2 is 1.65 bits per heavy atom. The van der Waals surface area contributed by atoms with Crippen molar-refractivity contribution in [2.24, 2.45) is 0 Å². The van der Waals surface area contributed by atoms with Gasteiger partial charge < -0.3 is 15.0 Å². The smallest absolute Gasteiger partial charge is 0.241 e. The van der Waals surface area contributed by atoms with Crippen molar-refractivity contribution in [3.05, 3.63) is 54.6 Å². The van der Waals surface area contributed by atoms with E-state index in [1.807, 2.05) is 18.2 Å². The van der Waals surface area contributed by atoms with E-state index in [-0.39, 0.29) is 11.4 Å². The van der Waals surface area contributed by atoms with Gasteiger partial charge in [0.25, 0.3) is 0 Å². The van der Waals surface area contributed by atoms with Gasteiger partial charge in [0.15, 0.2) is 0 Å². The van der Waals surface area contributed by atoms with Crippen LogP contribution >= 0.6 is 0 Å². The van der Waals surface area contributed by atoms with Crippen molar-refractivity contribution in [1.82, 2.24) is 4.72 Å². The number of amides is 1. The first-order valence-electron chi connectivity index (χ1n) is 8.32. The van der Waals surface area contributed by atoms with Crippen LogP contribution in [0.3, 0.4) is 0 Å². The SMILES string of the molecule is O=C(CNS(=O)(=O)c1ccccc1)Nc1ccccc1N1CCOCC1. The van der Waals surface area contributed by atoms with Crippen molar-refractivity contribution >= 4 is 27.3 Å². The molecule has 138 valence electrons. The average molecular weight is 375 g/mol. The second-order valence-corrected chi connectivity index (χ2v) is 7.57. The zero-order valence-corrected chi connectivity index (χ0v) is 15.0. The lowest BCUT2D eigenvalue weighted by molar-refractivity contribution is -0.115. The second-order valence-electron chi connectivity index (χ2n) is 5.80. The molecule has 2 N–H and O–H groups in total. The molecule has 1 fully saturated rings. The Morgan fingerprint density at radius 3 is 2.38 bits per heavy atom. The maximum Gasteiger partial charge on any atom is 0.241 e. The second kappa shape index (κ2) is 8.31. The van der Waals surface area contributed by atoms with Gasteiger partial charge in [-0.05, 0) is 24.3 Å². The van der Waals surface area contributed by atoms with Crippen molar-refractivity contribution in [2.45, 2.75) is 4.90 Å². The molecular weight excluding hydrogens is 354 g/mol. The first-order valence-corrected chi connectivity index (χ1v) is 9.81. The van der Waals surface area contributed by atoms with E-state index in [4.69, 9.17) is 4.74 Å². The number of hydrogen-bond donors (Lipinski definition) is 2. The van der Waals surface area contributed by atoms with E-state index in [1.165, 1.54) is 12.1 Å². The number of anilines is 2. The van der Waals surface area contributed by atoms with Crippen LogP contribution < -0.4 is 14.9 Å². The molecule has 0 spiro atoms. The number of sulfonamides is 1. The van der Waals surface area contributed by atoms with Crippen molar-refractivity contribution in [2.75, 3.05) is 43.1 Å². The molecule has 0 atom stereocenters. The summed E-state index contributed by atoms with van der Waals surface area (Å²) in [4.78, 5) is 14.5. The third kappa shape index (κ3) is 4.60. The minimum Gasteiger partial charge on any atom is -0.378 e. The van der Waals surface area contributed by atoms with E-state index in [0.29, 0.717) is 18.9 Å². The molecule has 2 aromatic rings. The van der Waals surface area contributed by atoms with Gasteiger partial charge in [0.2, 0.25) is 15.9 Å². The van der Waals surface area contributed by atoms with E-state index in [9.17, 15) is 13.2 Å². The van der Waals surface area contributed by atoms with Crippen LogP contribution in [-0.2, 0) is 19.6 Å². The van der Waals surface area contributed by atoms with Crippen LogP contribution in [0.5, 0.6) is 0 Å². The maximum atomic E-state index is 12.2. The molecule has 26 heavy (non-hydrogen) atoms.